The molecule has 0 spiro atoms. The fourth-order valence-electron chi connectivity index (χ4n) is 3.19. The minimum Gasteiger partial charge on any atom is -0.350 e. The van der Waals surface area contributed by atoms with Crippen LogP contribution in [0.1, 0.15) is 15.9 Å². The molecule has 0 radical (unpaired) electrons. The van der Waals surface area contributed by atoms with Crippen molar-refractivity contribution in [3.8, 4) is 0 Å². The Kier molecular flexibility index (Phi) is 4.02. The molecule has 140 valence electrons. The van der Waals surface area contributed by atoms with Crippen LogP contribution in [-0.4, -0.2) is 45.7 Å². The maximum Gasteiger partial charge on any atom is 0.255 e. The number of fused-ring (bicyclic) bond motifs is 1. The van der Waals surface area contributed by atoms with Crippen molar-refractivity contribution in [3.05, 3.63) is 42.0 Å². The molecule has 0 aliphatic carbocycles. The van der Waals surface area contributed by atoms with Crippen molar-refractivity contribution in [2.24, 2.45) is 7.05 Å². The number of carbonyl (C=O) groups excluding carboxylic acids is 2. The molecule has 1 saturated heterocycles. The fourth-order valence-corrected chi connectivity index (χ4v) is 3.19. The fraction of sp³-hybridized carbons (Fsp3) is 0.294. The third-order valence-corrected chi connectivity index (χ3v) is 4.55. The Morgan fingerprint density at radius 3 is 2.93 bits per heavy atom. The Morgan fingerprint density at radius 2 is 2.26 bits per heavy atom. The number of hydrogen-bond acceptors (Lipinski definition) is 6. The number of anilines is 3. The lowest BCUT2D eigenvalue weighted by atomic mass is 10.1. The van der Waals surface area contributed by atoms with Crippen LogP contribution in [0.25, 0.3) is 0 Å². The van der Waals surface area contributed by atoms with Crippen molar-refractivity contribution in [3.63, 3.8) is 0 Å². The van der Waals surface area contributed by atoms with E-state index in [9.17, 15) is 14.0 Å². The number of aromatic nitrogens is 3. The van der Waals surface area contributed by atoms with Gasteiger partial charge in [0, 0.05) is 38.4 Å². The first-order valence-corrected chi connectivity index (χ1v) is 8.40. The van der Waals surface area contributed by atoms with E-state index in [4.69, 9.17) is 0 Å². The van der Waals surface area contributed by atoms with Crippen molar-refractivity contribution in [2.45, 2.75) is 12.6 Å². The molecule has 2 aromatic heterocycles. The summed E-state index contributed by atoms with van der Waals surface area (Å²) in [6.07, 6.45) is 4.52. The summed E-state index contributed by atoms with van der Waals surface area (Å²) in [5.74, 6) is -0.720. The van der Waals surface area contributed by atoms with Gasteiger partial charge in [0.25, 0.3) is 5.91 Å². The van der Waals surface area contributed by atoms with E-state index in [0.717, 1.165) is 0 Å². The molecule has 27 heavy (non-hydrogen) atoms. The number of pyridine rings is 1. The number of carbonyl (C=O) groups is 2. The lowest BCUT2D eigenvalue weighted by Gasteiger charge is -2.40. The van der Waals surface area contributed by atoms with E-state index in [2.05, 4.69) is 32.6 Å². The molecular formula is C17H18FN7O2. The Bertz CT molecular complexity index is 949. The lowest BCUT2D eigenvalue weighted by Crippen LogP contribution is -2.59. The molecule has 9 nitrogen and oxygen atoms in total. The summed E-state index contributed by atoms with van der Waals surface area (Å²) in [4.78, 5) is 29.6. The van der Waals surface area contributed by atoms with Gasteiger partial charge in [-0.25, -0.2) is 9.37 Å². The van der Waals surface area contributed by atoms with Crippen LogP contribution in [0.4, 0.5) is 21.7 Å². The molecule has 10 heteroatoms. The molecule has 0 unspecified atom stereocenters. The molecule has 0 atom stereocenters. The number of amides is 2. The van der Waals surface area contributed by atoms with E-state index in [-0.39, 0.29) is 47.2 Å². The van der Waals surface area contributed by atoms with E-state index in [0.29, 0.717) is 18.8 Å². The first kappa shape index (κ1) is 17.0. The largest absolute Gasteiger partial charge is 0.350 e. The zero-order valence-corrected chi connectivity index (χ0v) is 14.6. The van der Waals surface area contributed by atoms with Gasteiger partial charge in [0.05, 0.1) is 23.5 Å². The summed E-state index contributed by atoms with van der Waals surface area (Å²) >= 11 is 0. The van der Waals surface area contributed by atoms with E-state index < -0.39 is 5.82 Å². The standard InChI is InChI=1S/C17H18FN7O2/c1-3-12(26)21-10-7-25(8-10)16-14(18)11-5-19-17(27)13(11)15(23-16)22-9-4-20-24(2)6-9/h3-4,6,10H,1,5,7-8H2,2H3,(H,19,27)(H,21,26)(H,22,23). The second kappa shape index (κ2) is 6.38. The summed E-state index contributed by atoms with van der Waals surface area (Å²) in [5, 5.41) is 12.5. The Morgan fingerprint density at radius 1 is 1.48 bits per heavy atom. The quantitative estimate of drug-likeness (QED) is 0.659. The number of nitrogens with one attached hydrogen (secondary N) is 3. The average molecular weight is 371 g/mol. The van der Waals surface area contributed by atoms with E-state index in [1.165, 1.54) is 6.08 Å². The van der Waals surface area contributed by atoms with Gasteiger partial charge in [-0.3, -0.25) is 14.3 Å². The van der Waals surface area contributed by atoms with Crippen molar-refractivity contribution in [1.82, 2.24) is 25.4 Å². The average Bonchev–Trinajstić information content (AvgIpc) is 3.19. The maximum atomic E-state index is 15.0. The van der Waals surface area contributed by atoms with Crippen LogP contribution in [0.3, 0.4) is 0 Å². The summed E-state index contributed by atoms with van der Waals surface area (Å²) in [6.45, 7) is 4.38. The van der Waals surface area contributed by atoms with E-state index >= 15 is 0 Å². The summed E-state index contributed by atoms with van der Waals surface area (Å²) in [7, 11) is 1.77. The van der Waals surface area contributed by atoms with Gasteiger partial charge in [-0.05, 0) is 6.08 Å². The second-order valence-corrected chi connectivity index (χ2v) is 6.48. The van der Waals surface area contributed by atoms with Crippen LogP contribution in [0, 0.1) is 5.82 Å². The first-order valence-electron chi connectivity index (χ1n) is 8.40. The number of aryl methyl sites for hydroxylation is 1. The maximum absolute atomic E-state index is 15.0. The highest BCUT2D eigenvalue weighted by atomic mass is 19.1. The van der Waals surface area contributed by atoms with Crippen LogP contribution in [0.15, 0.2) is 25.0 Å². The highest BCUT2D eigenvalue weighted by molar-refractivity contribution is 6.03. The van der Waals surface area contributed by atoms with Crippen LogP contribution < -0.4 is 20.9 Å². The molecule has 2 aliphatic heterocycles. The zero-order valence-electron chi connectivity index (χ0n) is 14.6. The van der Waals surface area contributed by atoms with Gasteiger partial charge in [0.2, 0.25) is 5.91 Å². The zero-order chi connectivity index (χ0) is 19.1. The van der Waals surface area contributed by atoms with Crippen LogP contribution >= 0.6 is 0 Å². The van der Waals surface area contributed by atoms with Crippen LogP contribution in [-0.2, 0) is 18.4 Å². The third-order valence-electron chi connectivity index (χ3n) is 4.55. The smallest absolute Gasteiger partial charge is 0.255 e. The molecule has 2 aromatic rings. The van der Waals surface area contributed by atoms with Gasteiger partial charge < -0.3 is 20.9 Å². The van der Waals surface area contributed by atoms with Gasteiger partial charge in [0.1, 0.15) is 5.82 Å². The van der Waals surface area contributed by atoms with Gasteiger partial charge in [-0.2, -0.15) is 5.10 Å². The highest BCUT2D eigenvalue weighted by Crippen LogP contribution is 2.34. The molecule has 4 rings (SSSR count). The molecule has 0 bridgehead atoms. The Labute approximate surface area is 154 Å². The normalized spacial score (nSPS) is 15.8. The predicted octanol–water partition coefficient (Wildman–Crippen LogP) is 0.432. The molecule has 2 amide bonds. The van der Waals surface area contributed by atoms with Gasteiger partial charge in [0.15, 0.2) is 11.6 Å². The minimum atomic E-state index is -0.520. The molecule has 2 aliphatic rings. The summed E-state index contributed by atoms with van der Waals surface area (Å²) < 4.78 is 16.6. The van der Waals surface area contributed by atoms with Crippen LogP contribution in [0.5, 0.6) is 0 Å². The Balaban J connectivity index is 1.63. The van der Waals surface area contributed by atoms with Crippen LogP contribution in [0.2, 0.25) is 0 Å². The highest BCUT2D eigenvalue weighted by Gasteiger charge is 2.35. The Hall–Kier alpha value is -3.43. The number of nitrogens with zero attached hydrogens (tertiary/aromatic N) is 4. The predicted molar refractivity (Wildman–Crippen MR) is 96.2 cm³/mol. The van der Waals surface area contributed by atoms with Crippen molar-refractivity contribution in [2.75, 3.05) is 23.3 Å². The monoisotopic (exact) mass is 371 g/mol. The van der Waals surface area contributed by atoms with Crippen molar-refractivity contribution >= 4 is 29.1 Å². The number of halogens is 1. The third kappa shape index (κ3) is 2.98. The van der Waals surface area contributed by atoms with E-state index in [1.807, 2.05) is 0 Å². The second-order valence-electron chi connectivity index (χ2n) is 6.48. The first-order chi connectivity index (χ1) is 13.0. The topological polar surface area (TPSA) is 104 Å². The number of hydrogen-bond donors (Lipinski definition) is 3. The number of rotatable bonds is 5. The molecular weight excluding hydrogens is 353 g/mol. The molecule has 4 heterocycles. The van der Waals surface area contributed by atoms with Gasteiger partial charge in [-0.1, -0.05) is 6.58 Å². The summed E-state index contributed by atoms with van der Waals surface area (Å²) in [6, 6.07) is -0.0977. The van der Waals surface area contributed by atoms with E-state index in [1.54, 1.807) is 29.0 Å². The van der Waals surface area contributed by atoms with Crippen molar-refractivity contribution in [1.29, 1.82) is 0 Å². The van der Waals surface area contributed by atoms with Crippen molar-refractivity contribution < 1.29 is 14.0 Å². The molecule has 0 saturated carbocycles. The molecule has 1 fully saturated rings. The lowest BCUT2D eigenvalue weighted by molar-refractivity contribution is -0.117. The molecule has 3 N–H and O–H groups in total. The SMILES string of the molecule is C=CC(=O)NC1CN(c2nc(Nc3cnn(C)c3)c3c(c2F)CNC3=O)C1. The molecule has 0 aromatic carbocycles. The minimum absolute atomic E-state index is 0.0977. The summed E-state index contributed by atoms with van der Waals surface area (Å²) in [5.41, 5.74) is 1.14. The van der Waals surface area contributed by atoms with Gasteiger partial charge >= 0.3 is 0 Å². The van der Waals surface area contributed by atoms with Gasteiger partial charge in [-0.15, -0.1) is 0 Å².